The molecule has 0 atom stereocenters. The zero-order valence-corrected chi connectivity index (χ0v) is 32.9. The molecule has 56 heavy (non-hydrogen) atoms. The van der Waals surface area contributed by atoms with E-state index in [0.717, 1.165) is 90.8 Å². The summed E-state index contributed by atoms with van der Waals surface area (Å²) in [6.07, 6.45) is 12.0. The van der Waals surface area contributed by atoms with E-state index in [0.29, 0.717) is 62.7 Å². The zero-order valence-electron chi connectivity index (χ0n) is 32.0. The molecule has 2 bridgehead atoms. The third-order valence-corrected chi connectivity index (χ3v) is 13.2. The molecule has 1 saturated carbocycles. The van der Waals surface area contributed by atoms with Gasteiger partial charge in [0.15, 0.2) is 21.4 Å². The largest absolute Gasteiger partial charge is 0.489 e. The van der Waals surface area contributed by atoms with Gasteiger partial charge in [-0.1, -0.05) is 43.5 Å². The number of ketones is 2. The fourth-order valence-corrected chi connectivity index (χ4v) is 10.0. The predicted octanol–water partition coefficient (Wildman–Crippen LogP) is 7.81. The van der Waals surface area contributed by atoms with Crippen LogP contribution in [0.3, 0.4) is 0 Å². The number of hydrogen-bond acceptors (Lipinski definition) is 8. The summed E-state index contributed by atoms with van der Waals surface area (Å²) in [6, 6.07) is 19.8. The van der Waals surface area contributed by atoms with Crippen LogP contribution < -0.4 is 14.5 Å². The SMILES string of the molecule is O=C1CCC/C=C\CS(=O)(=O)CC(=O)c2ccc3c(C4CCCCC4)c(-c4ccc(OCc5cc(N6CCCC6=O)ccc5N5CCOCC5)cc4)n(c3c2)C1. The lowest BCUT2D eigenvalue weighted by atomic mass is 9.81. The topological polar surface area (TPSA) is 115 Å². The fourth-order valence-electron chi connectivity index (χ4n) is 8.94. The number of Topliss-reactive ketones (excluding diaryl/α,β-unsaturated/α-hetero) is 2. The molecule has 10 nitrogen and oxygen atoms in total. The minimum atomic E-state index is -3.63. The Balaban J connectivity index is 1.15. The quantitative estimate of drug-likeness (QED) is 0.175. The lowest BCUT2D eigenvalue weighted by Gasteiger charge is -2.31. The Morgan fingerprint density at radius 3 is 2.34 bits per heavy atom. The molecule has 0 spiro atoms. The number of benzene rings is 3. The van der Waals surface area contributed by atoms with Gasteiger partial charge in [-0.2, -0.15) is 0 Å². The average Bonchev–Trinajstić information content (AvgIpc) is 3.79. The highest BCUT2D eigenvalue weighted by Gasteiger charge is 2.29. The standard InChI is InChI=1S/C45H51N3O7S/c49-37-11-6-1-2-7-26-56(52,53)31-42(50)34-15-19-39-41(28-34)48(29-37)45(44(39)32-9-4-3-5-10-32)33-13-17-38(18-14-33)55-30-35-27-36(47-21-8-12-43(47)51)16-20-40(35)46-22-24-54-25-23-46/h2,7,13-20,27-28,32H,1,3-6,8-12,21-26,29-31H2/b7-2-. The monoisotopic (exact) mass is 777 g/mol. The maximum Gasteiger partial charge on any atom is 0.227 e. The van der Waals surface area contributed by atoms with Crippen molar-refractivity contribution in [3.05, 3.63) is 89.5 Å². The molecule has 3 aliphatic heterocycles. The molecule has 0 N–H and O–H groups in total. The summed E-state index contributed by atoms with van der Waals surface area (Å²) in [5.74, 6) is 0.0548. The molecule has 4 aromatic rings. The molecule has 1 amide bonds. The first kappa shape index (κ1) is 38.1. The highest BCUT2D eigenvalue weighted by Crippen LogP contribution is 2.45. The van der Waals surface area contributed by atoms with Gasteiger partial charge >= 0.3 is 0 Å². The molecule has 1 aliphatic carbocycles. The summed E-state index contributed by atoms with van der Waals surface area (Å²) in [6.45, 7) is 4.11. The van der Waals surface area contributed by atoms with Crippen molar-refractivity contribution in [1.29, 1.82) is 0 Å². The van der Waals surface area contributed by atoms with E-state index in [2.05, 4.69) is 33.7 Å². The van der Waals surface area contributed by atoms with Crippen LogP contribution in [-0.2, 0) is 37.3 Å². The predicted molar refractivity (Wildman–Crippen MR) is 220 cm³/mol. The van der Waals surface area contributed by atoms with E-state index in [1.54, 1.807) is 24.3 Å². The van der Waals surface area contributed by atoms with Crippen LogP contribution in [0, 0.1) is 0 Å². The molecule has 4 heterocycles. The molecule has 8 rings (SSSR count). The molecule has 3 fully saturated rings. The highest BCUT2D eigenvalue weighted by atomic mass is 32.2. The maximum atomic E-state index is 13.7. The van der Waals surface area contributed by atoms with E-state index >= 15 is 0 Å². The van der Waals surface area contributed by atoms with Crippen LogP contribution in [0.1, 0.15) is 91.6 Å². The van der Waals surface area contributed by atoms with Crippen LogP contribution in [0.15, 0.2) is 72.8 Å². The number of carbonyl (C=O) groups is 3. The molecule has 0 radical (unpaired) electrons. The Kier molecular flexibility index (Phi) is 11.4. The van der Waals surface area contributed by atoms with Crippen LogP contribution in [0.5, 0.6) is 5.75 Å². The van der Waals surface area contributed by atoms with Crippen molar-refractivity contribution in [3.63, 3.8) is 0 Å². The lowest BCUT2D eigenvalue weighted by Crippen LogP contribution is -2.37. The van der Waals surface area contributed by atoms with E-state index in [-0.39, 0.29) is 24.0 Å². The average molecular weight is 778 g/mol. The minimum absolute atomic E-state index is 0.0971. The number of amides is 1. The molecule has 2 saturated heterocycles. The summed E-state index contributed by atoms with van der Waals surface area (Å²) >= 11 is 0. The van der Waals surface area contributed by atoms with Gasteiger partial charge in [0.1, 0.15) is 18.1 Å². The van der Waals surface area contributed by atoms with Crippen molar-refractivity contribution in [2.45, 2.75) is 83.3 Å². The van der Waals surface area contributed by atoms with Crippen molar-refractivity contribution in [2.75, 3.05) is 54.2 Å². The number of nitrogens with zero attached hydrogens (tertiary/aromatic N) is 3. The number of ether oxygens (including phenoxy) is 2. The summed E-state index contributed by atoms with van der Waals surface area (Å²) in [4.78, 5) is 43.9. The highest BCUT2D eigenvalue weighted by molar-refractivity contribution is 7.92. The van der Waals surface area contributed by atoms with E-state index in [1.165, 1.54) is 12.0 Å². The lowest BCUT2D eigenvalue weighted by molar-refractivity contribution is -0.119. The molecular formula is C45H51N3O7S. The number of allylic oxidation sites excluding steroid dienone is 1. The number of hydrogen-bond donors (Lipinski definition) is 0. The second kappa shape index (κ2) is 16.8. The number of aromatic nitrogens is 1. The summed E-state index contributed by atoms with van der Waals surface area (Å²) in [5.41, 5.74) is 7.25. The number of morpholine rings is 1. The van der Waals surface area contributed by atoms with Gasteiger partial charge in [-0.15, -0.1) is 0 Å². The summed E-state index contributed by atoms with van der Waals surface area (Å²) in [7, 11) is -3.63. The molecular weight excluding hydrogens is 727 g/mol. The van der Waals surface area contributed by atoms with Gasteiger partial charge in [0.05, 0.1) is 31.2 Å². The fraction of sp³-hybridized carbons (Fsp3) is 0.444. The number of rotatable bonds is 7. The van der Waals surface area contributed by atoms with Crippen molar-refractivity contribution < 1.29 is 32.3 Å². The molecule has 11 heteroatoms. The van der Waals surface area contributed by atoms with Crippen molar-refractivity contribution in [1.82, 2.24) is 4.57 Å². The molecule has 1 aromatic heterocycles. The second-order valence-corrected chi connectivity index (χ2v) is 17.8. The van der Waals surface area contributed by atoms with Gasteiger partial charge < -0.3 is 23.8 Å². The van der Waals surface area contributed by atoms with E-state index in [1.807, 2.05) is 29.2 Å². The van der Waals surface area contributed by atoms with Gasteiger partial charge in [-0.05, 0) is 97.7 Å². The van der Waals surface area contributed by atoms with Crippen LogP contribution in [0.25, 0.3) is 22.2 Å². The second-order valence-electron chi connectivity index (χ2n) is 15.7. The number of carbonyl (C=O) groups excluding carboxylic acids is 3. The first-order chi connectivity index (χ1) is 27.2. The third kappa shape index (κ3) is 8.34. The normalized spacial score (nSPS) is 20.7. The molecule has 0 unspecified atom stereocenters. The van der Waals surface area contributed by atoms with E-state index in [4.69, 9.17) is 9.47 Å². The van der Waals surface area contributed by atoms with E-state index < -0.39 is 21.4 Å². The Hall–Kier alpha value is -4.74. The van der Waals surface area contributed by atoms with Crippen molar-refractivity contribution >= 4 is 49.6 Å². The van der Waals surface area contributed by atoms with Gasteiger partial charge in [-0.25, -0.2) is 8.42 Å². The first-order valence-electron chi connectivity index (χ1n) is 20.3. The van der Waals surface area contributed by atoms with Gasteiger partial charge in [0.2, 0.25) is 5.91 Å². The molecule has 294 valence electrons. The number of anilines is 2. The van der Waals surface area contributed by atoms with Crippen LogP contribution in [0.2, 0.25) is 0 Å². The van der Waals surface area contributed by atoms with Crippen LogP contribution in [-0.4, -0.2) is 74.8 Å². The Bertz CT molecular complexity index is 2250. The van der Waals surface area contributed by atoms with Gasteiger partial charge in [0.25, 0.3) is 0 Å². The van der Waals surface area contributed by atoms with Gasteiger partial charge in [0, 0.05) is 65.9 Å². The third-order valence-electron chi connectivity index (χ3n) is 11.8. The van der Waals surface area contributed by atoms with Crippen molar-refractivity contribution in [2.24, 2.45) is 0 Å². The number of fused-ring (bicyclic) bond motifs is 1. The Morgan fingerprint density at radius 2 is 1.57 bits per heavy atom. The van der Waals surface area contributed by atoms with Crippen molar-refractivity contribution in [3.8, 4) is 17.0 Å². The van der Waals surface area contributed by atoms with E-state index in [9.17, 15) is 22.8 Å². The van der Waals surface area contributed by atoms with Crippen LogP contribution >= 0.6 is 0 Å². The Labute approximate surface area is 329 Å². The zero-order chi connectivity index (χ0) is 38.6. The smallest absolute Gasteiger partial charge is 0.227 e. The summed E-state index contributed by atoms with van der Waals surface area (Å²) < 4.78 is 39.9. The van der Waals surface area contributed by atoms with Gasteiger partial charge in [-0.3, -0.25) is 14.4 Å². The first-order valence-corrected chi connectivity index (χ1v) is 22.1. The minimum Gasteiger partial charge on any atom is -0.489 e. The molecule has 4 aliphatic rings. The Morgan fingerprint density at radius 1 is 0.786 bits per heavy atom. The summed E-state index contributed by atoms with van der Waals surface area (Å²) in [5, 5.41) is 1.01. The van der Waals surface area contributed by atoms with Crippen LogP contribution in [0.4, 0.5) is 11.4 Å². The maximum absolute atomic E-state index is 13.7. The number of sulfone groups is 1. The molecule has 3 aromatic carbocycles.